The average molecular weight is 397 g/mol. The molecule has 2 aromatic rings. The second-order valence-corrected chi connectivity index (χ2v) is 6.77. The van der Waals surface area contributed by atoms with Crippen LogP contribution in [0.15, 0.2) is 53.7 Å². The lowest BCUT2D eigenvalue weighted by molar-refractivity contribution is 0.0623. The minimum absolute atomic E-state index is 0.179. The van der Waals surface area contributed by atoms with Crippen LogP contribution >= 0.6 is 0 Å². The Hall–Kier alpha value is -3.22. The molecule has 7 nitrogen and oxygen atoms in total. The molecule has 29 heavy (non-hydrogen) atoms. The number of methoxy groups -OCH3 is 2. The third-order valence-electron chi connectivity index (χ3n) is 4.71. The second kappa shape index (κ2) is 9.82. The summed E-state index contributed by atoms with van der Waals surface area (Å²) in [6, 6.07) is 14.9. The van der Waals surface area contributed by atoms with Gasteiger partial charge in [0.05, 0.1) is 32.2 Å². The maximum Gasteiger partial charge on any atom is 0.322 e. The zero-order chi connectivity index (χ0) is 20.6. The van der Waals surface area contributed by atoms with Gasteiger partial charge >= 0.3 is 6.03 Å². The molecule has 1 N–H and O–H groups in total. The molecule has 0 aliphatic carbocycles. The van der Waals surface area contributed by atoms with Gasteiger partial charge in [-0.15, -0.1) is 0 Å². The molecule has 2 amide bonds. The molecule has 7 heteroatoms. The number of benzene rings is 2. The first-order valence-corrected chi connectivity index (χ1v) is 9.70. The van der Waals surface area contributed by atoms with Gasteiger partial charge in [-0.1, -0.05) is 24.2 Å². The number of rotatable bonds is 8. The smallest absolute Gasteiger partial charge is 0.322 e. The molecular weight excluding hydrogens is 370 g/mol. The van der Waals surface area contributed by atoms with Crippen molar-refractivity contribution in [1.29, 1.82) is 0 Å². The summed E-state index contributed by atoms with van der Waals surface area (Å²) in [5, 5.41) is 7.16. The van der Waals surface area contributed by atoms with E-state index in [0.717, 1.165) is 23.4 Å². The number of urea groups is 1. The van der Waals surface area contributed by atoms with E-state index in [9.17, 15) is 4.79 Å². The van der Waals surface area contributed by atoms with Crippen molar-refractivity contribution >= 4 is 17.4 Å². The first-order valence-electron chi connectivity index (χ1n) is 9.70. The fourth-order valence-electron chi connectivity index (χ4n) is 3.21. The number of anilines is 1. The standard InChI is InChI=1S/C22H27N3O4/c1-4-13-25(22(26)23-19-7-5-6-8-21(19)28-3)15-18-14-20(24-29-18)16-9-11-17(27-2)12-10-16/h5-12,18H,4,13-15H2,1-3H3,(H,23,26)/t18-/m1/s1. The largest absolute Gasteiger partial charge is 0.497 e. The Morgan fingerprint density at radius 1 is 1.17 bits per heavy atom. The van der Waals surface area contributed by atoms with Gasteiger partial charge in [0.25, 0.3) is 0 Å². The van der Waals surface area contributed by atoms with E-state index in [1.165, 1.54) is 0 Å². The zero-order valence-electron chi connectivity index (χ0n) is 17.1. The van der Waals surface area contributed by atoms with Crippen LogP contribution in [0, 0.1) is 0 Å². The number of hydrogen-bond acceptors (Lipinski definition) is 5. The van der Waals surface area contributed by atoms with E-state index < -0.39 is 0 Å². The topological polar surface area (TPSA) is 72.4 Å². The van der Waals surface area contributed by atoms with E-state index in [2.05, 4.69) is 10.5 Å². The van der Waals surface area contributed by atoms with Crippen molar-refractivity contribution in [3.63, 3.8) is 0 Å². The summed E-state index contributed by atoms with van der Waals surface area (Å²) in [5.74, 6) is 1.42. The van der Waals surface area contributed by atoms with Crippen LogP contribution in [0.1, 0.15) is 25.3 Å². The highest BCUT2D eigenvalue weighted by Crippen LogP contribution is 2.24. The van der Waals surface area contributed by atoms with Crippen LogP contribution in [0.25, 0.3) is 0 Å². The molecule has 0 fully saturated rings. The predicted molar refractivity (Wildman–Crippen MR) is 113 cm³/mol. The van der Waals surface area contributed by atoms with Crippen molar-refractivity contribution in [2.75, 3.05) is 32.6 Å². The monoisotopic (exact) mass is 397 g/mol. The third kappa shape index (κ3) is 5.19. The number of amides is 2. The molecule has 0 unspecified atom stereocenters. The summed E-state index contributed by atoms with van der Waals surface area (Å²) >= 11 is 0. The van der Waals surface area contributed by atoms with E-state index in [-0.39, 0.29) is 12.1 Å². The van der Waals surface area contributed by atoms with Crippen LogP contribution in [0.5, 0.6) is 11.5 Å². The maximum absolute atomic E-state index is 12.8. The Bertz CT molecular complexity index is 851. The molecule has 1 aliphatic heterocycles. The highest BCUT2D eigenvalue weighted by Gasteiger charge is 2.26. The first-order chi connectivity index (χ1) is 14.1. The molecule has 0 radical (unpaired) electrons. The van der Waals surface area contributed by atoms with Gasteiger partial charge in [0.2, 0.25) is 0 Å². The van der Waals surface area contributed by atoms with Gasteiger partial charge in [0, 0.05) is 13.0 Å². The highest BCUT2D eigenvalue weighted by molar-refractivity contribution is 6.01. The Labute approximate surface area is 171 Å². The number of hydrogen-bond donors (Lipinski definition) is 1. The van der Waals surface area contributed by atoms with E-state index in [1.54, 1.807) is 19.1 Å². The van der Waals surface area contributed by atoms with Crippen molar-refractivity contribution in [1.82, 2.24) is 4.90 Å². The lowest BCUT2D eigenvalue weighted by atomic mass is 10.0. The molecular formula is C22H27N3O4. The number of oxime groups is 1. The Morgan fingerprint density at radius 2 is 1.93 bits per heavy atom. The minimum Gasteiger partial charge on any atom is -0.497 e. The molecule has 0 spiro atoms. The average Bonchev–Trinajstić information content (AvgIpc) is 3.22. The van der Waals surface area contributed by atoms with Crippen LogP contribution in [-0.2, 0) is 4.84 Å². The number of para-hydroxylation sites is 2. The maximum atomic E-state index is 12.8. The van der Waals surface area contributed by atoms with E-state index >= 15 is 0 Å². The predicted octanol–water partition coefficient (Wildman–Crippen LogP) is 4.14. The van der Waals surface area contributed by atoms with Gasteiger partial charge in [-0.2, -0.15) is 0 Å². The summed E-state index contributed by atoms with van der Waals surface area (Å²) in [6.07, 6.45) is 1.31. The number of ether oxygens (including phenoxy) is 2. The number of nitrogens with zero attached hydrogens (tertiary/aromatic N) is 2. The van der Waals surface area contributed by atoms with Crippen molar-refractivity contribution in [2.24, 2.45) is 5.16 Å². The van der Waals surface area contributed by atoms with Crippen molar-refractivity contribution in [3.05, 3.63) is 54.1 Å². The van der Waals surface area contributed by atoms with Gasteiger partial charge in [-0.05, 0) is 48.4 Å². The quantitative estimate of drug-likeness (QED) is 0.727. The van der Waals surface area contributed by atoms with Crippen LogP contribution in [0.2, 0.25) is 0 Å². The highest BCUT2D eigenvalue weighted by atomic mass is 16.6. The van der Waals surface area contributed by atoms with E-state index in [0.29, 0.717) is 30.9 Å². The molecule has 0 aromatic heterocycles. The lowest BCUT2D eigenvalue weighted by Crippen LogP contribution is -2.40. The summed E-state index contributed by atoms with van der Waals surface area (Å²) in [5.41, 5.74) is 2.51. The Kier molecular flexibility index (Phi) is 6.94. The van der Waals surface area contributed by atoms with Gasteiger partial charge in [0.15, 0.2) is 6.10 Å². The van der Waals surface area contributed by atoms with Gasteiger partial charge in [-0.25, -0.2) is 4.79 Å². The molecule has 2 aromatic carbocycles. The minimum atomic E-state index is -0.183. The molecule has 3 rings (SSSR count). The summed E-state index contributed by atoms with van der Waals surface area (Å²) in [4.78, 5) is 20.2. The summed E-state index contributed by atoms with van der Waals surface area (Å²) in [6.45, 7) is 3.12. The van der Waals surface area contributed by atoms with Crippen molar-refractivity contribution in [2.45, 2.75) is 25.9 Å². The molecule has 1 aliphatic rings. The SMILES string of the molecule is CCCN(C[C@H]1CC(c2ccc(OC)cc2)=NO1)C(=O)Nc1ccccc1OC. The number of carbonyl (C=O) groups excluding carboxylic acids is 1. The van der Waals surface area contributed by atoms with Crippen LogP contribution in [-0.4, -0.2) is 50.1 Å². The fourth-order valence-corrected chi connectivity index (χ4v) is 3.21. The van der Waals surface area contributed by atoms with Crippen LogP contribution in [0.4, 0.5) is 10.5 Å². The number of nitrogens with one attached hydrogen (secondary N) is 1. The Morgan fingerprint density at radius 3 is 2.62 bits per heavy atom. The normalized spacial score (nSPS) is 15.3. The summed E-state index contributed by atoms with van der Waals surface area (Å²) in [7, 11) is 3.22. The third-order valence-corrected chi connectivity index (χ3v) is 4.71. The summed E-state index contributed by atoms with van der Waals surface area (Å²) < 4.78 is 10.5. The van der Waals surface area contributed by atoms with Gasteiger partial charge in [0.1, 0.15) is 11.5 Å². The molecule has 0 bridgehead atoms. The second-order valence-electron chi connectivity index (χ2n) is 6.77. The van der Waals surface area contributed by atoms with E-state index in [1.807, 2.05) is 55.5 Å². The molecule has 0 saturated heterocycles. The van der Waals surface area contributed by atoms with Crippen molar-refractivity contribution in [3.8, 4) is 11.5 Å². The van der Waals surface area contributed by atoms with E-state index in [4.69, 9.17) is 14.3 Å². The molecule has 154 valence electrons. The van der Waals surface area contributed by atoms with Crippen LogP contribution in [0.3, 0.4) is 0 Å². The zero-order valence-corrected chi connectivity index (χ0v) is 17.1. The molecule has 0 saturated carbocycles. The number of carbonyl (C=O) groups is 1. The lowest BCUT2D eigenvalue weighted by Gasteiger charge is -2.25. The van der Waals surface area contributed by atoms with Crippen molar-refractivity contribution < 1.29 is 19.1 Å². The Balaban J connectivity index is 1.61. The first kappa shape index (κ1) is 20.5. The molecule has 1 atom stereocenters. The fraction of sp³-hybridized carbons (Fsp3) is 0.364. The van der Waals surface area contributed by atoms with Gasteiger partial charge < -0.3 is 24.5 Å². The van der Waals surface area contributed by atoms with Crippen LogP contribution < -0.4 is 14.8 Å². The van der Waals surface area contributed by atoms with Gasteiger partial charge in [-0.3, -0.25) is 0 Å². The molecule has 1 heterocycles.